The van der Waals surface area contributed by atoms with Gasteiger partial charge in [-0.3, -0.25) is 9.59 Å². The third kappa shape index (κ3) is 3.64. The Morgan fingerprint density at radius 3 is 2.56 bits per heavy atom. The Morgan fingerprint density at radius 1 is 1.00 bits per heavy atom. The Kier molecular flexibility index (Phi) is 4.53. The van der Waals surface area contributed by atoms with Crippen LogP contribution in [0.25, 0.3) is 10.9 Å². The fraction of sp³-hybridized carbons (Fsp3) is 0.0952. The minimum atomic E-state index is -0.387. The third-order valence-corrected chi connectivity index (χ3v) is 4.44. The van der Waals surface area contributed by atoms with Crippen LogP contribution in [0, 0.1) is 0 Å². The van der Waals surface area contributed by atoms with E-state index in [4.69, 9.17) is 0 Å². The number of para-hydroxylation sites is 1. The van der Waals surface area contributed by atoms with Gasteiger partial charge in [0.05, 0.1) is 0 Å². The van der Waals surface area contributed by atoms with Crippen LogP contribution in [-0.4, -0.2) is 20.9 Å². The lowest BCUT2D eigenvalue weighted by Crippen LogP contribution is -2.28. The summed E-state index contributed by atoms with van der Waals surface area (Å²) < 4.78 is 0. The lowest BCUT2D eigenvalue weighted by molar-refractivity contribution is 0.0949. The highest BCUT2D eigenvalue weighted by atomic mass is 16.2. The number of aromatic nitrogens is 3. The molecule has 27 heavy (non-hydrogen) atoms. The molecule has 0 aliphatic rings. The molecule has 0 saturated heterocycles. The summed E-state index contributed by atoms with van der Waals surface area (Å²) in [5.41, 5.74) is 2.65. The van der Waals surface area contributed by atoms with E-state index in [1.165, 1.54) is 6.20 Å². The van der Waals surface area contributed by atoms with Crippen molar-refractivity contribution < 1.29 is 4.79 Å². The number of hydrogen-bond acceptors (Lipinski definition) is 3. The molecule has 0 bridgehead atoms. The van der Waals surface area contributed by atoms with Crippen LogP contribution >= 0.6 is 0 Å². The highest BCUT2D eigenvalue weighted by Crippen LogP contribution is 2.09. The molecule has 134 valence electrons. The monoisotopic (exact) mass is 358 g/mol. The zero-order valence-electron chi connectivity index (χ0n) is 14.5. The van der Waals surface area contributed by atoms with E-state index in [2.05, 4.69) is 20.3 Å². The van der Waals surface area contributed by atoms with Gasteiger partial charge >= 0.3 is 0 Å². The average molecular weight is 358 g/mol. The Morgan fingerprint density at radius 2 is 1.78 bits per heavy atom. The number of rotatable bonds is 5. The molecule has 0 saturated carbocycles. The molecule has 4 rings (SSSR count). The van der Waals surface area contributed by atoms with Crippen LogP contribution in [0.2, 0.25) is 0 Å². The third-order valence-electron chi connectivity index (χ3n) is 4.44. The molecule has 0 aliphatic carbocycles. The summed E-state index contributed by atoms with van der Waals surface area (Å²) in [6.07, 6.45) is 5.72. The maximum atomic E-state index is 12.5. The van der Waals surface area contributed by atoms with E-state index < -0.39 is 0 Å². The molecule has 0 atom stereocenters. The van der Waals surface area contributed by atoms with E-state index in [0.29, 0.717) is 17.4 Å². The summed E-state index contributed by atoms with van der Waals surface area (Å²) in [5.74, 6) is 0.522. The summed E-state index contributed by atoms with van der Waals surface area (Å²) in [4.78, 5) is 35.2. The van der Waals surface area contributed by atoms with Crippen LogP contribution in [-0.2, 0) is 13.0 Å². The van der Waals surface area contributed by atoms with Gasteiger partial charge in [0.2, 0.25) is 5.43 Å². The van der Waals surface area contributed by atoms with Gasteiger partial charge in [-0.2, -0.15) is 0 Å². The second-order valence-corrected chi connectivity index (χ2v) is 6.29. The van der Waals surface area contributed by atoms with Crippen molar-refractivity contribution in [2.24, 2.45) is 0 Å². The summed E-state index contributed by atoms with van der Waals surface area (Å²) >= 11 is 0. The molecule has 2 aromatic carbocycles. The van der Waals surface area contributed by atoms with Crippen molar-refractivity contribution in [1.29, 1.82) is 0 Å². The van der Waals surface area contributed by atoms with Crippen molar-refractivity contribution in [2.75, 3.05) is 0 Å². The van der Waals surface area contributed by atoms with Crippen LogP contribution in [0.15, 0.2) is 71.9 Å². The smallest absolute Gasteiger partial charge is 0.257 e. The van der Waals surface area contributed by atoms with E-state index in [1.807, 2.05) is 36.4 Å². The lowest BCUT2D eigenvalue weighted by Gasteiger charge is -2.07. The average Bonchev–Trinajstić information content (AvgIpc) is 3.21. The van der Waals surface area contributed by atoms with Gasteiger partial charge in [-0.1, -0.05) is 36.4 Å². The minimum Gasteiger partial charge on any atom is -0.360 e. The Bertz CT molecular complexity index is 1130. The van der Waals surface area contributed by atoms with Crippen LogP contribution in [0.1, 0.15) is 27.3 Å². The zero-order chi connectivity index (χ0) is 18.6. The number of fused-ring (bicyclic) bond motifs is 1. The number of amides is 1. The topological polar surface area (TPSA) is 90.6 Å². The van der Waals surface area contributed by atoms with Crippen LogP contribution in [0.4, 0.5) is 0 Å². The van der Waals surface area contributed by atoms with Crippen molar-refractivity contribution >= 4 is 16.8 Å². The van der Waals surface area contributed by atoms with E-state index >= 15 is 0 Å². The molecule has 0 aliphatic heterocycles. The highest BCUT2D eigenvalue weighted by Gasteiger charge is 2.12. The van der Waals surface area contributed by atoms with E-state index in [-0.39, 0.29) is 16.9 Å². The van der Waals surface area contributed by atoms with Crippen molar-refractivity contribution in [3.05, 3.63) is 99.9 Å². The molecule has 0 fully saturated rings. The minimum absolute atomic E-state index is 0.114. The Labute approximate surface area is 155 Å². The van der Waals surface area contributed by atoms with Gasteiger partial charge in [0.15, 0.2) is 0 Å². The molecule has 6 heteroatoms. The molecular weight excluding hydrogens is 340 g/mol. The molecule has 2 aromatic heterocycles. The van der Waals surface area contributed by atoms with Crippen LogP contribution in [0.3, 0.4) is 0 Å². The number of carbonyl (C=O) groups is 1. The van der Waals surface area contributed by atoms with E-state index in [0.717, 1.165) is 23.4 Å². The van der Waals surface area contributed by atoms with Crippen molar-refractivity contribution in [3.63, 3.8) is 0 Å². The number of H-pyrrole nitrogens is 2. The van der Waals surface area contributed by atoms with Gasteiger partial charge < -0.3 is 15.3 Å². The zero-order valence-corrected chi connectivity index (χ0v) is 14.5. The molecule has 0 unspecified atom stereocenters. The molecular formula is C21H18N4O2. The maximum Gasteiger partial charge on any atom is 0.257 e. The van der Waals surface area contributed by atoms with Gasteiger partial charge in [0.25, 0.3) is 5.91 Å². The number of carbonyl (C=O) groups excluding carboxylic acids is 1. The standard InChI is InChI=1S/C21H18N4O2/c26-20-16-3-1-2-4-18(16)24-13-17(20)21(27)25-12-15-7-5-14(6-8-15)11-19-22-9-10-23-19/h1-10,13H,11-12H2,(H,22,23)(H,24,26)(H,25,27). The van der Waals surface area contributed by atoms with Gasteiger partial charge in [-0.25, -0.2) is 4.98 Å². The first-order valence-electron chi connectivity index (χ1n) is 8.65. The first-order chi connectivity index (χ1) is 13.2. The molecule has 6 nitrogen and oxygen atoms in total. The lowest BCUT2D eigenvalue weighted by atomic mass is 10.1. The van der Waals surface area contributed by atoms with Gasteiger partial charge in [-0.15, -0.1) is 0 Å². The quantitative estimate of drug-likeness (QED) is 0.512. The first kappa shape index (κ1) is 16.8. The van der Waals surface area contributed by atoms with Gasteiger partial charge in [0, 0.05) is 42.5 Å². The van der Waals surface area contributed by atoms with Gasteiger partial charge in [0.1, 0.15) is 11.4 Å². The fourth-order valence-corrected chi connectivity index (χ4v) is 2.98. The summed E-state index contributed by atoms with van der Waals surface area (Å²) in [5, 5.41) is 3.32. The summed E-state index contributed by atoms with van der Waals surface area (Å²) in [7, 11) is 0. The number of imidazole rings is 1. The number of hydrogen-bond donors (Lipinski definition) is 3. The number of nitrogens with zero attached hydrogens (tertiary/aromatic N) is 1. The van der Waals surface area contributed by atoms with Crippen LogP contribution < -0.4 is 10.7 Å². The molecule has 0 spiro atoms. The van der Waals surface area contributed by atoms with Crippen molar-refractivity contribution in [1.82, 2.24) is 20.3 Å². The predicted octanol–water partition coefficient (Wildman–Crippen LogP) is 2.77. The number of pyridine rings is 1. The van der Waals surface area contributed by atoms with Crippen LogP contribution in [0.5, 0.6) is 0 Å². The maximum absolute atomic E-state index is 12.5. The summed E-state index contributed by atoms with van der Waals surface area (Å²) in [6, 6.07) is 15.1. The number of aromatic amines is 2. The van der Waals surface area contributed by atoms with Crippen molar-refractivity contribution in [2.45, 2.75) is 13.0 Å². The fourth-order valence-electron chi connectivity index (χ4n) is 2.98. The molecule has 3 N–H and O–H groups in total. The second kappa shape index (κ2) is 7.29. The molecule has 1 amide bonds. The number of benzene rings is 2. The van der Waals surface area contributed by atoms with Crippen molar-refractivity contribution in [3.8, 4) is 0 Å². The first-order valence-corrected chi connectivity index (χ1v) is 8.65. The number of nitrogens with one attached hydrogen (secondary N) is 3. The predicted molar refractivity (Wildman–Crippen MR) is 104 cm³/mol. The highest BCUT2D eigenvalue weighted by molar-refractivity contribution is 5.97. The Balaban J connectivity index is 1.43. The normalized spacial score (nSPS) is 10.8. The molecule has 2 heterocycles. The summed E-state index contributed by atoms with van der Waals surface area (Å²) in [6.45, 7) is 0.353. The van der Waals surface area contributed by atoms with Gasteiger partial charge in [-0.05, 0) is 23.3 Å². The van der Waals surface area contributed by atoms with E-state index in [1.54, 1.807) is 24.5 Å². The second-order valence-electron chi connectivity index (χ2n) is 6.29. The molecule has 0 radical (unpaired) electrons. The largest absolute Gasteiger partial charge is 0.360 e. The Hall–Kier alpha value is -3.67. The van der Waals surface area contributed by atoms with E-state index in [9.17, 15) is 9.59 Å². The molecule has 4 aromatic rings. The SMILES string of the molecule is O=C(NCc1ccc(Cc2ncc[nH]2)cc1)c1c[nH]c2ccccc2c1=O.